The molecule has 0 aliphatic heterocycles. The number of ketones is 1. The zero-order valence-corrected chi connectivity index (χ0v) is 13.1. The van der Waals surface area contributed by atoms with E-state index in [1.165, 1.54) is 0 Å². The molecule has 0 aliphatic carbocycles. The summed E-state index contributed by atoms with van der Waals surface area (Å²) in [4.78, 5) is 12.9. The Kier molecular flexibility index (Phi) is 3.86. The molecule has 3 rings (SSSR count). The highest BCUT2D eigenvalue weighted by Crippen LogP contribution is 2.27. The topological polar surface area (TPSA) is 43.6 Å². The number of hydrogen-bond acceptors (Lipinski definition) is 3. The first-order chi connectivity index (χ1) is 10.7. The number of benzene rings is 1. The first-order valence-electron chi connectivity index (χ1n) is 7.00. The highest BCUT2D eigenvalue weighted by Gasteiger charge is 2.20. The van der Waals surface area contributed by atoms with Crippen LogP contribution in [0.3, 0.4) is 0 Å². The van der Waals surface area contributed by atoms with Crippen LogP contribution < -0.4 is 4.74 Å². The van der Waals surface area contributed by atoms with E-state index < -0.39 is 0 Å². The molecule has 0 bridgehead atoms. The molecule has 4 nitrogen and oxygen atoms in total. The van der Waals surface area contributed by atoms with E-state index >= 15 is 0 Å². The Bertz CT molecular complexity index is 855. The van der Waals surface area contributed by atoms with E-state index in [0.717, 1.165) is 11.2 Å². The molecule has 1 aromatic carbocycles. The number of halogens is 1. The van der Waals surface area contributed by atoms with E-state index in [2.05, 4.69) is 5.10 Å². The van der Waals surface area contributed by atoms with Gasteiger partial charge in [-0.25, -0.2) is 4.52 Å². The first-order valence-corrected chi connectivity index (χ1v) is 7.38. The Morgan fingerprint density at radius 2 is 2.14 bits per heavy atom. The number of rotatable bonds is 4. The number of ether oxygens (including phenoxy) is 1. The molecule has 0 saturated carbocycles. The molecule has 3 aromatic rings. The van der Waals surface area contributed by atoms with Crippen molar-refractivity contribution in [1.82, 2.24) is 9.61 Å². The van der Waals surface area contributed by atoms with Crippen LogP contribution in [0.5, 0.6) is 5.75 Å². The molecule has 0 unspecified atom stereocenters. The Morgan fingerprint density at radius 3 is 2.82 bits per heavy atom. The second-order valence-corrected chi connectivity index (χ2v) is 5.29. The number of hydrogen-bond donors (Lipinski definition) is 0. The number of nitrogens with zero attached hydrogens (tertiary/aromatic N) is 2. The Labute approximate surface area is 133 Å². The van der Waals surface area contributed by atoms with E-state index in [9.17, 15) is 4.79 Å². The summed E-state index contributed by atoms with van der Waals surface area (Å²) in [6, 6.07) is 10.7. The molecule has 0 saturated heterocycles. The summed E-state index contributed by atoms with van der Waals surface area (Å²) in [7, 11) is 1.54. The number of fused-ring (bicyclic) bond motifs is 1. The van der Waals surface area contributed by atoms with Crippen LogP contribution in [-0.2, 0) is 6.42 Å². The maximum Gasteiger partial charge on any atom is 0.197 e. The van der Waals surface area contributed by atoms with Gasteiger partial charge in [0.25, 0.3) is 0 Å². The van der Waals surface area contributed by atoms with Gasteiger partial charge in [0.2, 0.25) is 0 Å². The molecule has 2 heterocycles. The summed E-state index contributed by atoms with van der Waals surface area (Å²) in [5.41, 5.74) is 2.74. The fraction of sp³-hybridized carbons (Fsp3) is 0.176. The number of carbonyl (C=O) groups excluding carboxylic acids is 1. The SMILES string of the molecule is CCc1nn2ccccc2c1C(=O)c1ccc(OC)c(Cl)c1. The van der Waals surface area contributed by atoms with Gasteiger partial charge in [-0.2, -0.15) is 5.10 Å². The maximum atomic E-state index is 12.9. The molecule has 0 amide bonds. The summed E-state index contributed by atoms with van der Waals surface area (Å²) in [6.07, 6.45) is 2.53. The predicted octanol–water partition coefficient (Wildman–Crippen LogP) is 3.79. The minimum atomic E-state index is -0.0809. The first kappa shape index (κ1) is 14.6. The highest BCUT2D eigenvalue weighted by atomic mass is 35.5. The number of aromatic nitrogens is 2. The van der Waals surface area contributed by atoms with Gasteiger partial charge in [-0.15, -0.1) is 0 Å². The van der Waals surface area contributed by atoms with Crippen molar-refractivity contribution in [2.75, 3.05) is 7.11 Å². The van der Waals surface area contributed by atoms with E-state index in [0.29, 0.717) is 28.3 Å². The Morgan fingerprint density at radius 1 is 1.32 bits per heavy atom. The second-order valence-electron chi connectivity index (χ2n) is 4.88. The lowest BCUT2D eigenvalue weighted by Crippen LogP contribution is -2.04. The number of aryl methyl sites for hydroxylation is 1. The van der Waals surface area contributed by atoms with Crippen LogP contribution in [0.15, 0.2) is 42.6 Å². The predicted molar refractivity (Wildman–Crippen MR) is 86.0 cm³/mol. The van der Waals surface area contributed by atoms with Gasteiger partial charge in [-0.1, -0.05) is 24.6 Å². The van der Waals surface area contributed by atoms with E-state index in [4.69, 9.17) is 16.3 Å². The lowest BCUT2D eigenvalue weighted by atomic mass is 10.0. The summed E-state index contributed by atoms with van der Waals surface area (Å²) in [5, 5.41) is 4.89. The average Bonchev–Trinajstić information content (AvgIpc) is 2.92. The van der Waals surface area contributed by atoms with Crippen LogP contribution in [0.25, 0.3) is 5.52 Å². The summed E-state index contributed by atoms with van der Waals surface area (Å²) in [5.74, 6) is 0.469. The monoisotopic (exact) mass is 314 g/mol. The van der Waals surface area contributed by atoms with Crippen molar-refractivity contribution in [1.29, 1.82) is 0 Å². The highest BCUT2D eigenvalue weighted by molar-refractivity contribution is 6.32. The second kappa shape index (κ2) is 5.81. The summed E-state index contributed by atoms with van der Waals surface area (Å²) >= 11 is 6.13. The summed E-state index contributed by atoms with van der Waals surface area (Å²) < 4.78 is 6.86. The van der Waals surface area contributed by atoms with Crippen molar-refractivity contribution in [2.24, 2.45) is 0 Å². The third-order valence-corrected chi connectivity index (χ3v) is 3.88. The third kappa shape index (κ3) is 2.35. The van der Waals surface area contributed by atoms with E-state index in [-0.39, 0.29) is 5.78 Å². The molecule has 0 N–H and O–H groups in total. The van der Waals surface area contributed by atoms with Gasteiger partial charge in [0.05, 0.1) is 28.9 Å². The van der Waals surface area contributed by atoms with Crippen molar-refractivity contribution in [2.45, 2.75) is 13.3 Å². The zero-order chi connectivity index (χ0) is 15.7. The normalized spacial score (nSPS) is 10.9. The molecule has 0 atom stereocenters. The van der Waals surface area contributed by atoms with Crippen LogP contribution >= 0.6 is 11.6 Å². The number of carbonyl (C=O) groups is 1. The Hall–Kier alpha value is -2.33. The fourth-order valence-corrected chi connectivity index (χ4v) is 2.75. The van der Waals surface area contributed by atoms with Crippen molar-refractivity contribution in [3.05, 3.63) is 64.4 Å². The van der Waals surface area contributed by atoms with Crippen LogP contribution in [0.2, 0.25) is 5.02 Å². The number of pyridine rings is 1. The zero-order valence-electron chi connectivity index (χ0n) is 12.3. The van der Waals surface area contributed by atoms with Gasteiger partial charge in [0, 0.05) is 11.8 Å². The summed E-state index contributed by atoms with van der Waals surface area (Å²) in [6.45, 7) is 1.99. The van der Waals surface area contributed by atoms with Crippen molar-refractivity contribution >= 4 is 22.9 Å². The van der Waals surface area contributed by atoms with Crippen molar-refractivity contribution in [3.8, 4) is 5.75 Å². The third-order valence-electron chi connectivity index (χ3n) is 3.59. The quantitative estimate of drug-likeness (QED) is 0.688. The maximum absolute atomic E-state index is 12.9. The van der Waals surface area contributed by atoms with Crippen LogP contribution in [0.4, 0.5) is 0 Å². The van der Waals surface area contributed by atoms with Crippen LogP contribution in [0.1, 0.15) is 28.5 Å². The molecular formula is C17H15ClN2O2. The number of methoxy groups -OCH3 is 1. The van der Waals surface area contributed by atoms with Crippen molar-refractivity contribution < 1.29 is 9.53 Å². The van der Waals surface area contributed by atoms with Crippen LogP contribution in [-0.4, -0.2) is 22.5 Å². The van der Waals surface area contributed by atoms with Crippen LogP contribution in [0, 0.1) is 0 Å². The minimum Gasteiger partial charge on any atom is -0.495 e. The van der Waals surface area contributed by atoms with Gasteiger partial charge in [-0.05, 0) is 36.8 Å². The lowest BCUT2D eigenvalue weighted by Gasteiger charge is -2.06. The molecular weight excluding hydrogens is 300 g/mol. The van der Waals surface area contributed by atoms with Gasteiger partial charge in [-0.3, -0.25) is 4.79 Å². The molecule has 0 spiro atoms. The Balaban J connectivity index is 2.14. The fourth-order valence-electron chi connectivity index (χ4n) is 2.49. The standard InChI is InChI=1S/C17H15ClN2O2/c1-3-13-16(14-6-4-5-9-20(14)19-13)17(21)11-7-8-15(22-2)12(18)10-11/h4-10H,3H2,1-2H3. The van der Waals surface area contributed by atoms with E-state index in [1.807, 2.05) is 31.3 Å². The lowest BCUT2D eigenvalue weighted by molar-refractivity contribution is 0.103. The van der Waals surface area contributed by atoms with E-state index in [1.54, 1.807) is 29.8 Å². The van der Waals surface area contributed by atoms with Gasteiger partial charge < -0.3 is 4.74 Å². The molecule has 2 aromatic heterocycles. The molecule has 0 aliphatic rings. The largest absolute Gasteiger partial charge is 0.495 e. The smallest absolute Gasteiger partial charge is 0.197 e. The molecule has 22 heavy (non-hydrogen) atoms. The van der Waals surface area contributed by atoms with Crippen molar-refractivity contribution in [3.63, 3.8) is 0 Å². The average molecular weight is 315 g/mol. The minimum absolute atomic E-state index is 0.0809. The molecule has 0 fully saturated rings. The molecule has 112 valence electrons. The molecule has 0 radical (unpaired) electrons. The van der Waals surface area contributed by atoms with Gasteiger partial charge in [0.1, 0.15) is 5.75 Å². The molecule has 5 heteroatoms. The van der Waals surface area contributed by atoms with Gasteiger partial charge >= 0.3 is 0 Å². The van der Waals surface area contributed by atoms with Gasteiger partial charge in [0.15, 0.2) is 5.78 Å².